The zero-order valence-electron chi connectivity index (χ0n) is 34.4. The second-order valence-electron chi connectivity index (χ2n) is 15.7. The van der Waals surface area contributed by atoms with E-state index in [-0.39, 0.29) is 12.4 Å². The predicted molar refractivity (Wildman–Crippen MR) is 232 cm³/mol. The smallest absolute Gasteiger partial charge is 1.00 e. The molecule has 2 aliphatic rings. The second-order valence-corrected chi connectivity index (χ2v) is 15.7. The first-order chi connectivity index (χ1) is 25.9. The van der Waals surface area contributed by atoms with Gasteiger partial charge in [-0.2, -0.15) is 0 Å². The Morgan fingerprint density at radius 3 is 0.673 bits per heavy atom. The summed E-state index contributed by atoms with van der Waals surface area (Å²) in [7, 11) is 0. The molecule has 2 nitrogen and oxygen atoms in total. The van der Waals surface area contributed by atoms with Gasteiger partial charge in [0.2, 0.25) is 0 Å². The monoisotopic (exact) mass is 838 g/mol. The molecule has 0 amide bonds. The summed E-state index contributed by atoms with van der Waals surface area (Å²) in [5.74, 6) is 0. The molecule has 0 aliphatic carbocycles. The normalized spacial score (nSPS) is 18.0. The van der Waals surface area contributed by atoms with Gasteiger partial charge in [0.1, 0.15) is 0 Å². The minimum atomic E-state index is 0. The largest absolute Gasteiger partial charge is 1.00 e. The molecule has 2 saturated heterocycles. The van der Waals surface area contributed by atoms with Crippen LogP contribution in [0.15, 0.2) is 121 Å². The number of anilines is 2. The van der Waals surface area contributed by atoms with Crippen LogP contribution in [-0.2, 0) is 19.2 Å². The number of hydrogen-bond donors (Lipinski definition) is 0. The summed E-state index contributed by atoms with van der Waals surface area (Å²) in [4.78, 5) is 5.12. The zero-order valence-corrected chi connectivity index (χ0v) is 36.8. The van der Waals surface area contributed by atoms with Crippen LogP contribution in [0.1, 0.15) is 61.1 Å². The van der Waals surface area contributed by atoms with E-state index < -0.39 is 0 Å². The fourth-order valence-corrected chi connectivity index (χ4v) is 7.75. The maximum Gasteiger partial charge on any atom is -1.00 e. The average molecular weight is 840 g/mol. The summed E-state index contributed by atoms with van der Waals surface area (Å²) < 4.78 is 0. The molecule has 2 aliphatic heterocycles. The fourth-order valence-electron chi connectivity index (χ4n) is 7.75. The van der Waals surface area contributed by atoms with E-state index in [4.69, 9.17) is 0 Å². The second kappa shape index (κ2) is 17.8. The van der Waals surface area contributed by atoms with E-state index in [0.29, 0.717) is 24.2 Å². The Hall–Kier alpha value is -4.13. The number of hydrogen-bond acceptors (Lipinski definition) is 2. The number of halogens is 1. The number of rotatable bonds is 6. The van der Waals surface area contributed by atoms with Gasteiger partial charge in [-0.3, -0.25) is 0 Å². The molecule has 0 aromatic heterocycles. The van der Waals surface area contributed by atoms with Crippen LogP contribution in [0.5, 0.6) is 0 Å². The Kier molecular flexibility index (Phi) is 13.6. The van der Waals surface area contributed by atoms with Gasteiger partial charge >= 0.3 is 24.6 Å². The predicted octanol–water partition coefficient (Wildman–Crippen LogP) is 10.7. The van der Waals surface area contributed by atoms with Gasteiger partial charge in [0.15, 0.2) is 0 Å². The minimum Gasteiger partial charge on any atom is -1.00 e. The van der Waals surface area contributed by atoms with Gasteiger partial charge < -0.3 is 22.2 Å². The molecular formula is C51H57ClN2Pd. The van der Waals surface area contributed by atoms with Crippen LogP contribution >= 0.6 is 0 Å². The Labute approximate surface area is 348 Å². The van der Waals surface area contributed by atoms with Crippen molar-refractivity contribution in [2.75, 3.05) is 9.80 Å². The third-order valence-corrected chi connectivity index (χ3v) is 11.4. The molecule has 0 N–H and O–H groups in total. The van der Waals surface area contributed by atoms with E-state index in [1.807, 2.05) is 5.40 Å². The Balaban J connectivity index is 0.000000199. The summed E-state index contributed by atoms with van der Waals surface area (Å²) in [6.07, 6.45) is 0. The van der Waals surface area contributed by atoms with Gasteiger partial charge in [-0.15, -0.1) is 0 Å². The molecule has 0 bridgehead atoms. The topological polar surface area (TPSA) is 6.02 Å². The molecule has 8 rings (SSSR count). The summed E-state index contributed by atoms with van der Waals surface area (Å²) in [6, 6.07) is 47.5. The quantitative estimate of drug-likeness (QED) is 0.122. The van der Waals surface area contributed by atoms with E-state index in [1.54, 1.807) is 0 Å². The Morgan fingerprint density at radius 2 is 0.509 bits per heavy atom. The van der Waals surface area contributed by atoms with Crippen molar-refractivity contribution in [3.8, 4) is 44.5 Å². The fraction of sp³-hybridized carbons (Fsp3) is 0.294. The Bertz CT molecular complexity index is 1900. The van der Waals surface area contributed by atoms with Crippen molar-refractivity contribution < 1.29 is 31.6 Å². The molecule has 55 heavy (non-hydrogen) atoms. The molecule has 4 heteroatoms. The van der Waals surface area contributed by atoms with E-state index in [2.05, 4.69) is 220 Å². The Morgan fingerprint density at radius 1 is 0.327 bits per heavy atom. The summed E-state index contributed by atoms with van der Waals surface area (Å²) >= 11 is 2.75. The molecule has 6 aromatic rings. The molecule has 0 radical (unpaired) electrons. The first-order valence-electron chi connectivity index (χ1n) is 19.4. The summed E-state index contributed by atoms with van der Waals surface area (Å²) in [5, 5.41) is 1.85. The molecule has 2 heterocycles. The zero-order chi connectivity index (χ0) is 38.8. The molecule has 0 saturated carbocycles. The van der Waals surface area contributed by atoms with E-state index >= 15 is 0 Å². The van der Waals surface area contributed by atoms with Gasteiger partial charge in [0.25, 0.3) is 0 Å². The number of aryl methyl sites for hydroxylation is 6. The van der Waals surface area contributed by atoms with Gasteiger partial charge in [-0.25, -0.2) is 0 Å². The van der Waals surface area contributed by atoms with E-state index in [9.17, 15) is 0 Å². The maximum atomic E-state index is 2.75. The van der Waals surface area contributed by atoms with E-state index in [1.165, 1.54) is 89.3 Å². The van der Waals surface area contributed by atoms with Crippen LogP contribution in [0.25, 0.3) is 44.5 Å². The first kappa shape index (κ1) is 42.0. The third kappa shape index (κ3) is 9.13. The van der Waals surface area contributed by atoms with Crippen molar-refractivity contribution in [2.45, 2.75) is 98.8 Å². The van der Waals surface area contributed by atoms with Crippen molar-refractivity contribution in [3.05, 3.63) is 155 Å². The van der Waals surface area contributed by atoms with Gasteiger partial charge in [0.05, 0.1) is 11.4 Å². The van der Waals surface area contributed by atoms with Crippen molar-refractivity contribution in [1.82, 2.24) is 0 Å². The molecule has 2 fully saturated rings. The third-order valence-electron chi connectivity index (χ3n) is 11.4. The molecule has 4 atom stereocenters. The van der Waals surface area contributed by atoms with Crippen LogP contribution < -0.4 is 22.2 Å². The maximum absolute atomic E-state index is 2.75. The SMILES string of the molecule is Cc1ccc(-c2cc(C)cc(-c3ccc(C)cc3)c2N2C(C)C2C)cc1.Cc1ccc(-c2cc(C)cc(-c3ccc(C)cc3)c2N2C(C)C2C)cc1.[CH3][Pd+].[Cl-]. The van der Waals surface area contributed by atoms with Crippen LogP contribution in [0, 0.1) is 41.5 Å². The van der Waals surface area contributed by atoms with Gasteiger partial charge in [-0.1, -0.05) is 119 Å². The van der Waals surface area contributed by atoms with Crippen LogP contribution in [0.2, 0.25) is 5.40 Å². The number of nitrogens with zero attached hydrogens (tertiary/aromatic N) is 2. The molecule has 4 unspecified atom stereocenters. The summed E-state index contributed by atoms with van der Waals surface area (Å²) in [5.41, 5.74) is 21.2. The van der Waals surface area contributed by atoms with Crippen molar-refractivity contribution >= 4 is 11.4 Å². The van der Waals surface area contributed by atoms with Crippen LogP contribution in [0.4, 0.5) is 11.4 Å². The molecule has 288 valence electrons. The molecule has 6 aromatic carbocycles. The number of benzene rings is 6. The van der Waals surface area contributed by atoms with E-state index in [0.717, 1.165) is 0 Å². The van der Waals surface area contributed by atoms with Crippen molar-refractivity contribution in [2.24, 2.45) is 0 Å². The van der Waals surface area contributed by atoms with Gasteiger partial charge in [0, 0.05) is 46.4 Å². The van der Waals surface area contributed by atoms with Crippen LogP contribution in [-0.4, -0.2) is 24.2 Å². The van der Waals surface area contributed by atoms with Crippen molar-refractivity contribution in [3.63, 3.8) is 0 Å². The van der Waals surface area contributed by atoms with Crippen LogP contribution in [0.3, 0.4) is 0 Å². The van der Waals surface area contributed by atoms with Gasteiger partial charge in [-0.05, 0) is 127 Å². The molecular weight excluding hydrogens is 782 g/mol. The van der Waals surface area contributed by atoms with Crippen molar-refractivity contribution in [1.29, 1.82) is 0 Å². The molecule has 0 spiro atoms. The first-order valence-corrected chi connectivity index (χ1v) is 20.9. The standard InChI is InChI=1S/2C25H27N.CH3.ClH.Pd/c2*1-16-6-10-21(11-7-16)23-14-18(3)15-24(22-12-8-17(2)9-13-22)25(23)26-19(4)20(26)5;;;/h2*6-15,19-20H,1-5H3;1H3;1H;/q;;;;+1/p-1. The minimum absolute atomic E-state index is 0. The summed E-state index contributed by atoms with van der Waals surface area (Å²) in [6.45, 7) is 22.3. The average Bonchev–Trinajstić information content (AvgIpc) is 3.99.